The maximum atomic E-state index is 12.7. The topological polar surface area (TPSA) is 61.8 Å². The molecule has 0 aromatic heterocycles. The summed E-state index contributed by atoms with van der Waals surface area (Å²) < 4.78 is 17.4. The number of rotatable bonds is 47. The highest BCUT2D eigenvalue weighted by Gasteiger charge is 2.17. The second-order valence-electron chi connectivity index (χ2n) is 17.1. The molecule has 340 valence electrons. The third-order valence-corrected chi connectivity index (χ3v) is 11.2. The van der Waals surface area contributed by atoms with E-state index in [9.17, 15) is 9.59 Å². The van der Waals surface area contributed by atoms with Gasteiger partial charge in [0.05, 0.1) is 6.61 Å². The van der Waals surface area contributed by atoms with Gasteiger partial charge in [0.2, 0.25) is 0 Å². The van der Waals surface area contributed by atoms with E-state index in [1.54, 1.807) is 0 Å². The van der Waals surface area contributed by atoms with Gasteiger partial charge in [-0.1, -0.05) is 231 Å². The molecule has 0 radical (unpaired) electrons. The summed E-state index contributed by atoms with van der Waals surface area (Å²) in [5, 5.41) is 0. The maximum Gasteiger partial charge on any atom is 0.306 e. The van der Waals surface area contributed by atoms with E-state index in [1.807, 2.05) is 0 Å². The lowest BCUT2D eigenvalue weighted by atomic mass is 10.0. The Bertz CT molecular complexity index is 924. The molecule has 0 spiro atoms. The van der Waals surface area contributed by atoms with Crippen molar-refractivity contribution in [1.82, 2.24) is 0 Å². The summed E-state index contributed by atoms with van der Waals surface area (Å²) in [5.74, 6) is -0.393. The molecule has 0 aliphatic carbocycles. The first-order valence-corrected chi connectivity index (χ1v) is 25.5. The molecule has 1 atom stereocenters. The fourth-order valence-corrected chi connectivity index (χ4v) is 7.34. The van der Waals surface area contributed by atoms with Gasteiger partial charge in [0.1, 0.15) is 6.61 Å². The number of ether oxygens (including phenoxy) is 3. The lowest BCUT2D eigenvalue weighted by Gasteiger charge is -2.18. The van der Waals surface area contributed by atoms with Crippen LogP contribution in [0.2, 0.25) is 0 Å². The van der Waals surface area contributed by atoms with Crippen molar-refractivity contribution in [3.8, 4) is 0 Å². The molecular weight excluding hydrogens is 717 g/mol. The van der Waals surface area contributed by atoms with E-state index in [1.165, 1.54) is 180 Å². The van der Waals surface area contributed by atoms with Crippen LogP contribution in [-0.2, 0) is 23.8 Å². The Kier molecular flexibility index (Phi) is 47.9. The highest BCUT2D eigenvalue weighted by Crippen LogP contribution is 2.15. The Morgan fingerprint density at radius 2 is 0.724 bits per heavy atom. The summed E-state index contributed by atoms with van der Waals surface area (Å²) in [6.45, 7) is 7.80. The first-order valence-electron chi connectivity index (χ1n) is 25.5. The van der Waals surface area contributed by atoms with Gasteiger partial charge in [-0.25, -0.2) is 0 Å². The SMILES string of the molecule is CCCCC/C=C\C/C=C\C/C=C\CCCCCCCCCOCC(COC(=O)CCCCCCCCCCCCCCC)OC(=O)CCCCCCCCCCC. The van der Waals surface area contributed by atoms with E-state index >= 15 is 0 Å². The summed E-state index contributed by atoms with van der Waals surface area (Å²) in [5.41, 5.74) is 0. The highest BCUT2D eigenvalue weighted by molar-refractivity contribution is 5.70. The zero-order valence-corrected chi connectivity index (χ0v) is 39.1. The first-order chi connectivity index (χ1) is 28.6. The van der Waals surface area contributed by atoms with Gasteiger partial charge >= 0.3 is 11.9 Å². The van der Waals surface area contributed by atoms with E-state index in [2.05, 4.69) is 57.2 Å². The van der Waals surface area contributed by atoms with Crippen molar-refractivity contribution >= 4 is 11.9 Å². The van der Waals surface area contributed by atoms with Crippen molar-refractivity contribution in [2.75, 3.05) is 19.8 Å². The quantitative estimate of drug-likeness (QED) is 0.0348. The molecule has 0 saturated carbocycles. The lowest BCUT2D eigenvalue weighted by molar-refractivity contribution is -0.163. The molecule has 5 heteroatoms. The predicted octanol–water partition coefficient (Wildman–Crippen LogP) is 17.0. The van der Waals surface area contributed by atoms with E-state index in [-0.39, 0.29) is 25.2 Å². The molecule has 0 bridgehead atoms. The van der Waals surface area contributed by atoms with Crippen LogP contribution in [0.15, 0.2) is 36.5 Å². The standard InChI is InChI=1S/C53H98O5/c1-4-7-10-13-16-19-21-23-24-25-26-27-28-29-31-33-36-39-42-45-48-56-49-51(58-53(55)47-44-41-38-34-18-15-12-9-6-3)50-57-52(54)46-43-40-37-35-32-30-22-20-17-14-11-8-5-2/h16,19,23-24,26-27,51H,4-15,17-18,20-22,25,28-50H2,1-3H3/b19-16-,24-23-,27-26-. The Morgan fingerprint density at radius 3 is 1.19 bits per heavy atom. The van der Waals surface area contributed by atoms with Gasteiger partial charge in [0.25, 0.3) is 0 Å². The van der Waals surface area contributed by atoms with Gasteiger partial charge in [-0.05, 0) is 57.8 Å². The number of hydrogen-bond donors (Lipinski definition) is 0. The third kappa shape index (κ3) is 46.8. The molecule has 0 aromatic carbocycles. The fraction of sp³-hybridized carbons (Fsp3) is 0.849. The van der Waals surface area contributed by atoms with Gasteiger partial charge in [0, 0.05) is 19.4 Å². The van der Waals surface area contributed by atoms with Crippen molar-refractivity contribution in [3.63, 3.8) is 0 Å². The maximum absolute atomic E-state index is 12.7. The van der Waals surface area contributed by atoms with Crippen LogP contribution in [0.4, 0.5) is 0 Å². The largest absolute Gasteiger partial charge is 0.462 e. The van der Waals surface area contributed by atoms with Crippen molar-refractivity contribution in [2.45, 2.75) is 271 Å². The number of unbranched alkanes of at least 4 members (excludes halogenated alkanes) is 30. The lowest BCUT2D eigenvalue weighted by Crippen LogP contribution is -2.30. The van der Waals surface area contributed by atoms with Crippen LogP contribution in [-0.4, -0.2) is 37.9 Å². The number of carbonyl (C=O) groups is 2. The summed E-state index contributed by atoms with van der Waals surface area (Å²) >= 11 is 0. The van der Waals surface area contributed by atoms with Crippen LogP contribution in [0, 0.1) is 0 Å². The normalized spacial score (nSPS) is 12.4. The van der Waals surface area contributed by atoms with E-state index in [0.717, 1.165) is 51.4 Å². The van der Waals surface area contributed by atoms with Crippen LogP contribution in [0.25, 0.3) is 0 Å². The van der Waals surface area contributed by atoms with Crippen LogP contribution >= 0.6 is 0 Å². The van der Waals surface area contributed by atoms with Crippen LogP contribution in [0.3, 0.4) is 0 Å². The Labute approximate surface area is 361 Å². The Morgan fingerprint density at radius 1 is 0.379 bits per heavy atom. The average Bonchev–Trinajstić information content (AvgIpc) is 3.22. The second kappa shape index (κ2) is 49.5. The summed E-state index contributed by atoms with van der Waals surface area (Å²) in [6, 6.07) is 0. The highest BCUT2D eigenvalue weighted by atomic mass is 16.6. The van der Waals surface area contributed by atoms with E-state index < -0.39 is 6.10 Å². The molecule has 1 unspecified atom stereocenters. The van der Waals surface area contributed by atoms with Crippen molar-refractivity contribution in [3.05, 3.63) is 36.5 Å². The van der Waals surface area contributed by atoms with Gasteiger partial charge in [-0.2, -0.15) is 0 Å². The molecule has 0 N–H and O–H groups in total. The Balaban J connectivity index is 4.16. The molecule has 5 nitrogen and oxygen atoms in total. The van der Waals surface area contributed by atoms with Crippen LogP contribution < -0.4 is 0 Å². The summed E-state index contributed by atoms with van der Waals surface area (Å²) in [6.07, 6.45) is 58.6. The number of allylic oxidation sites excluding steroid dienone is 6. The van der Waals surface area contributed by atoms with Crippen LogP contribution in [0.1, 0.15) is 265 Å². The Hall–Kier alpha value is -1.88. The smallest absolute Gasteiger partial charge is 0.306 e. The molecule has 0 saturated heterocycles. The molecule has 0 fully saturated rings. The molecule has 0 rings (SSSR count). The first kappa shape index (κ1) is 56.1. The van der Waals surface area contributed by atoms with E-state index in [4.69, 9.17) is 14.2 Å². The molecular formula is C53H98O5. The van der Waals surface area contributed by atoms with Crippen molar-refractivity contribution in [1.29, 1.82) is 0 Å². The van der Waals surface area contributed by atoms with Crippen molar-refractivity contribution < 1.29 is 23.8 Å². The minimum absolute atomic E-state index is 0.0868. The zero-order chi connectivity index (χ0) is 42.1. The second-order valence-corrected chi connectivity index (χ2v) is 17.1. The molecule has 0 aromatic rings. The minimum atomic E-state index is -0.533. The van der Waals surface area contributed by atoms with Crippen LogP contribution in [0.5, 0.6) is 0 Å². The molecule has 0 amide bonds. The van der Waals surface area contributed by atoms with Gasteiger partial charge < -0.3 is 14.2 Å². The zero-order valence-electron chi connectivity index (χ0n) is 39.1. The van der Waals surface area contributed by atoms with Gasteiger partial charge in [0.15, 0.2) is 6.10 Å². The molecule has 0 aliphatic heterocycles. The fourth-order valence-electron chi connectivity index (χ4n) is 7.34. The van der Waals surface area contributed by atoms with Crippen molar-refractivity contribution in [2.24, 2.45) is 0 Å². The number of esters is 2. The molecule has 0 aliphatic rings. The minimum Gasteiger partial charge on any atom is -0.462 e. The predicted molar refractivity (Wildman–Crippen MR) is 252 cm³/mol. The summed E-state index contributed by atoms with van der Waals surface area (Å²) in [7, 11) is 0. The average molecular weight is 815 g/mol. The monoisotopic (exact) mass is 815 g/mol. The molecule has 0 heterocycles. The third-order valence-electron chi connectivity index (χ3n) is 11.2. The molecule has 58 heavy (non-hydrogen) atoms. The number of carbonyl (C=O) groups excluding carboxylic acids is 2. The number of hydrogen-bond acceptors (Lipinski definition) is 5. The van der Waals surface area contributed by atoms with E-state index in [0.29, 0.717) is 19.4 Å². The van der Waals surface area contributed by atoms with Gasteiger partial charge in [-0.3, -0.25) is 9.59 Å². The van der Waals surface area contributed by atoms with Gasteiger partial charge in [-0.15, -0.1) is 0 Å². The summed E-state index contributed by atoms with van der Waals surface area (Å²) in [4.78, 5) is 25.3.